The molecule has 2 heterocycles. The summed E-state index contributed by atoms with van der Waals surface area (Å²) in [6.45, 7) is 9.84. The Morgan fingerprint density at radius 2 is 2.16 bits per heavy atom. The minimum atomic E-state index is -0.306. The summed E-state index contributed by atoms with van der Waals surface area (Å²) in [4.78, 5) is 17.0. The second-order valence-corrected chi connectivity index (χ2v) is 5.86. The molecule has 19 heavy (non-hydrogen) atoms. The van der Waals surface area contributed by atoms with Gasteiger partial charge in [-0.25, -0.2) is 4.98 Å². The number of carbonyl (C=O) groups is 1. The molecule has 1 amide bonds. The van der Waals surface area contributed by atoms with Crippen molar-refractivity contribution in [3.8, 4) is 0 Å². The van der Waals surface area contributed by atoms with Gasteiger partial charge < -0.3 is 10.6 Å². The highest BCUT2D eigenvalue weighted by Crippen LogP contribution is 2.35. The number of nitrogens with zero attached hydrogens (tertiary/aromatic N) is 1. The van der Waals surface area contributed by atoms with Crippen molar-refractivity contribution >= 4 is 11.7 Å². The molecule has 0 aromatic carbocycles. The number of hydrogen-bond acceptors (Lipinski definition) is 3. The second kappa shape index (κ2) is 5.29. The highest BCUT2D eigenvalue weighted by atomic mass is 16.2. The maximum Gasteiger partial charge on any atom is 0.233 e. The zero-order chi connectivity index (χ0) is 14.0. The molecule has 4 heteroatoms. The fourth-order valence-corrected chi connectivity index (χ4v) is 2.81. The predicted octanol–water partition coefficient (Wildman–Crippen LogP) is 2.27. The summed E-state index contributed by atoms with van der Waals surface area (Å²) < 4.78 is 0. The Morgan fingerprint density at radius 3 is 2.68 bits per heavy atom. The maximum absolute atomic E-state index is 12.6. The summed E-state index contributed by atoms with van der Waals surface area (Å²) in [6.07, 6.45) is 0.890. The second-order valence-electron chi connectivity index (χ2n) is 5.86. The molecule has 1 fully saturated rings. The van der Waals surface area contributed by atoms with Crippen LogP contribution >= 0.6 is 0 Å². The number of aromatic nitrogens is 1. The molecule has 1 aliphatic rings. The molecule has 1 aromatic rings. The van der Waals surface area contributed by atoms with Gasteiger partial charge in [-0.2, -0.15) is 0 Å². The molecule has 1 aliphatic heterocycles. The van der Waals surface area contributed by atoms with Gasteiger partial charge in [-0.1, -0.05) is 13.8 Å². The summed E-state index contributed by atoms with van der Waals surface area (Å²) in [5.74, 6) is 1.06. The van der Waals surface area contributed by atoms with Gasteiger partial charge in [0, 0.05) is 12.2 Å². The molecule has 0 aliphatic carbocycles. The van der Waals surface area contributed by atoms with E-state index < -0.39 is 0 Å². The third-order valence-corrected chi connectivity index (χ3v) is 4.09. The Hall–Kier alpha value is -1.42. The smallest absolute Gasteiger partial charge is 0.233 e. The molecule has 0 spiro atoms. The van der Waals surface area contributed by atoms with Crippen molar-refractivity contribution in [1.82, 2.24) is 10.3 Å². The molecule has 1 saturated heterocycles. The van der Waals surface area contributed by atoms with Crippen LogP contribution in [0.3, 0.4) is 0 Å². The molecule has 1 aromatic heterocycles. The Morgan fingerprint density at radius 1 is 1.42 bits per heavy atom. The Balaban J connectivity index is 2.20. The van der Waals surface area contributed by atoms with E-state index in [0.29, 0.717) is 11.7 Å². The Bertz CT molecular complexity index is 456. The van der Waals surface area contributed by atoms with Crippen LogP contribution in [-0.2, 0) is 4.79 Å². The van der Waals surface area contributed by atoms with E-state index in [4.69, 9.17) is 0 Å². The van der Waals surface area contributed by atoms with Gasteiger partial charge in [-0.15, -0.1) is 0 Å². The molecule has 1 unspecified atom stereocenters. The number of nitrogens with one attached hydrogen (secondary N) is 2. The van der Waals surface area contributed by atoms with Crippen molar-refractivity contribution < 1.29 is 4.79 Å². The zero-order valence-corrected chi connectivity index (χ0v) is 12.2. The van der Waals surface area contributed by atoms with Crippen LogP contribution in [-0.4, -0.2) is 24.0 Å². The summed E-state index contributed by atoms with van der Waals surface area (Å²) >= 11 is 0. The highest BCUT2D eigenvalue weighted by Gasteiger charge is 2.43. The Kier molecular flexibility index (Phi) is 3.90. The summed E-state index contributed by atoms with van der Waals surface area (Å²) in [5.41, 5.74) is 1.74. The molecule has 104 valence electrons. The topological polar surface area (TPSA) is 54.0 Å². The molecule has 2 N–H and O–H groups in total. The molecule has 0 saturated carbocycles. The third kappa shape index (κ3) is 2.78. The minimum Gasteiger partial charge on any atom is -0.316 e. The molecule has 1 atom stereocenters. The summed E-state index contributed by atoms with van der Waals surface area (Å²) in [6, 6.07) is 3.92. The van der Waals surface area contributed by atoms with Crippen molar-refractivity contribution in [2.75, 3.05) is 18.4 Å². The van der Waals surface area contributed by atoms with Gasteiger partial charge in [-0.3, -0.25) is 4.79 Å². The average molecular weight is 261 g/mol. The van der Waals surface area contributed by atoms with Gasteiger partial charge in [0.1, 0.15) is 5.82 Å². The van der Waals surface area contributed by atoms with E-state index in [9.17, 15) is 4.79 Å². The monoisotopic (exact) mass is 261 g/mol. The van der Waals surface area contributed by atoms with Crippen molar-refractivity contribution in [1.29, 1.82) is 0 Å². The van der Waals surface area contributed by atoms with Crippen LogP contribution in [0.15, 0.2) is 12.1 Å². The van der Waals surface area contributed by atoms with E-state index >= 15 is 0 Å². The number of carbonyl (C=O) groups excluding carboxylic acids is 1. The number of rotatable bonds is 3. The van der Waals surface area contributed by atoms with E-state index in [0.717, 1.165) is 30.8 Å². The van der Waals surface area contributed by atoms with Gasteiger partial charge in [0.25, 0.3) is 0 Å². The van der Waals surface area contributed by atoms with Crippen LogP contribution in [0, 0.1) is 25.2 Å². The fourth-order valence-electron chi connectivity index (χ4n) is 2.81. The van der Waals surface area contributed by atoms with E-state index in [1.807, 2.05) is 26.0 Å². The zero-order valence-electron chi connectivity index (χ0n) is 12.2. The summed E-state index contributed by atoms with van der Waals surface area (Å²) in [5, 5.41) is 6.30. The number of aryl methyl sites for hydroxylation is 2. The first-order chi connectivity index (χ1) is 8.94. The van der Waals surface area contributed by atoms with Crippen molar-refractivity contribution in [2.24, 2.45) is 11.3 Å². The van der Waals surface area contributed by atoms with Gasteiger partial charge in [0.15, 0.2) is 0 Å². The van der Waals surface area contributed by atoms with E-state index in [1.54, 1.807) is 0 Å². The van der Waals surface area contributed by atoms with Crippen LogP contribution in [0.25, 0.3) is 0 Å². The number of amides is 1. The van der Waals surface area contributed by atoms with Gasteiger partial charge in [0.05, 0.1) is 5.41 Å². The molecule has 0 radical (unpaired) electrons. The third-order valence-electron chi connectivity index (χ3n) is 4.09. The number of hydrogen-bond donors (Lipinski definition) is 2. The van der Waals surface area contributed by atoms with Crippen LogP contribution in [0.1, 0.15) is 31.5 Å². The molecular weight excluding hydrogens is 238 g/mol. The lowest BCUT2D eigenvalue weighted by molar-refractivity contribution is -0.126. The standard InChI is InChI=1S/C15H23N3O/c1-10(2)15(5-6-16-9-15)14(19)18-13-8-11(3)7-12(4)17-13/h7-8,10,16H,5-6,9H2,1-4H3,(H,17,18,19). The van der Waals surface area contributed by atoms with E-state index in [-0.39, 0.29) is 11.3 Å². The highest BCUT2D eigenvalue weighted by molar-refractivity contribution is 5.95. The van der Waals surface area contributed by atoms with E-state index in [1.165, 1.54) is 0 Å². The normalized spacial score (nSPS) is 22.8. The van der Waals surface area contributed by atoms with Crippen molar-refractivity contribution in [3.05, 3.63) is 23.4 Å². The SMILES string of the molecule is Cc1cc(C)nc(NC(=O)C2(C(C)C)CCNC2)c1. The van der Waals surface area contributed by atoms with Crippen LogP contribution in [0.2, 0.25) is 0 Å². The average Bonchev–Trinajstić information content (AvgIpc) is 2.77. The molecule has 0 bridgehead atoms. The Labute approximate surface area is 115 Å². The van der Waals surface area contributed by atoms with Crippen molar-refractivity contribution in [3.63, 3.8) is 0 Å². The molecule has 4 nitrogen and oxygen atoms in total. The van der Waals surface area contributed by atoms with E-state index in [2.05, 4.69) is 29.5 Å². The molecule has 2 rings (SSSR count). The first-order valence-corrected chi connectivity index (χ1v) is 6.91. The lowest BCUT2D eigenvalue weighted by Crippen LogP contribution is -2.42. The number of anilines is 1. The lowest BCUT2D eigenvalue weighted by atomic mass is 9.75. The maximum atomic E-state index is 12.6. The largest absolute Gasteiger partial charge is 0.316 e. The van der Waals surface area contributed by atoms with Gasteiger partial charge in [0.2, 0.25) is 5.91 Å². The lowest BCUT2D eigenvalue weighted by Gasteiger charge is -2.30. The van der Waals surface area contributed by atoms with Gasteiger partial charge in [-0.05, 0) is 50.4 Å². The first-order valence-electron chi connectivity index (χ1n) is 6.91. The molecular formula is C15H23N3O. The van der Waals surface area contributed by atoms with Crippen LogP contribution in [0.5, 0.6) is 0 Å². The van der Waals surface area contributed by atoms with Gasteiger partial charge >= 0.3 is 0 Å². The fraction of sp³-hybridized carbons (Fsp3) is 0.600. The number of pyridine rings is 1. The van der Waals surface area contributed by atoms with Crippen LogP contribution < -0.4 is 10.6 Å². The quantitative estimate of drug-likeness (QED) is 0.877. The summed E-state index contributed by atoms with van der Waals surface area (Å²) in [7, 11) is 0. The minimum absolute atomic E-state index is 0.0880. The first kappa shape index (κ1) is 14.0. The van der Waals surface area contributed by atoms with Crippen LogP contribution in [0.4, 0.5) is 5.82 Å². The predicted molar refractivity (Wildman–Crippen MR) is 77.1 cm³/mol. The van der Waals surface area contributed by atoms with Crippen molar-refractivity contribution in [2.45, 2.75) is 34.1 Å².